The van der Waals surface area contributed by atoms with Gasteiger partial charge >= 0.3 is 0 Å². The Balaban J connectivity index is 1.33. The van der Waals surface area contributed by atoms with Crippen LogP contribution in [0, 0.1) is 3.57 Å². The van der Waals surface area contributed by atoms with E-state index < -0.39 is 5.91 Å². The lowest BCUT2D eigenvalue weighted by Crippen LogP contribution is -2.33. The molecule has 32 heavy (non-hydrogen) atoms. The van der Waals surface area contributed by atoms with Gasteiger partial charge in [-0.1, -0.05) is 18.2 Å². The fourth-order valence-electron chi connectivity index (χ4n) is 3.20. The van der Waals surface area contributed by atoms with Gasteiger partial charge in [-0.25, -0.2) is 4.98 Å². The molecule has 9 heteroatoms. The SMILES string of the molecule is O=C(NC(=S)Nc1ccc2oc(-c3cc(I)ccc3Br)nc2c1)c1cc2ccccc2o1. The van der Waals surface area contributed by atoms with Crippen molar-refractivity contribution in [2.75, 3.05) is 5.32 Å². The van der Waals surface area contributed by atoms with Gasteiger partial charge in [0.1, 0.15) is 11.1 Å². The van der Waals surface area contributed by atoms with Crippen LogP contribution in [0.15, 0.2) is 80.0 Å². The summed E-state index contributed by atoms with van der Waals surface area (Å²) in [5, 5.41) is 6.64. The average molecular weight is 618 g/mol. The van der Waals surface area contributed by atoms with Crippen LogP contribution in [0.25, 0.3) is 33.5 Å². The number of nitrogens with one attached hydrogen (secondary N) is 2. The second-order valence-corrected chi connectivity index (χ2v) is 9.39. The highest BCUT2D eigenvalue weighted by Gasteiger charge is 2.15. The fourth-order valence-corrected chi connectivity index (χ4v) is 4.32. The summed E-state index contributed by atoms with van der Waals surface area (Å²) >= 11 is 11.1. The number of carbonyl (C=O) groups is 1. The molecule has 5 rings (SSSR count). The number of thiocarbonyl (C=S) groups is 1. The highest BCUT2D eigenvalue weighted by atomic mass is 127. The topological polar surface area (TPSA) is 80.3 Å². The van der Waals surface area contributed by atoms with Gasteiger partial charge in [0.05, 0.1) is 5.56 Å². The molecule has 0 spiro atoms. The van der Waals surface area contributed by atoms with Crippen LogP contribution in [0.1, 0.15) is 10.6 Å². The molecule has 0 aliphatic carbocycles. The Bertz CT molecular complexity index is 1480. The van der Waals surface area contributed by atoms with Gasteiger partial charge in [0.15, 0.2) is 16.5 Å². The first kappa shape index (κ1) is 21.1. The second kappa shape index (κ2) is 8.64. The largest absolute Gasteiger partial charge is 0.451 e. The summed E-state index contributed by atoms with van der Waals surface area (Å²) in [6.07, 6.45) is 0. The van der Waals surface area contributed by atoms with Crippen LogP contribution in [-0.2, 0) is 0 Å². The van der Waals surface area contributed by atoms with Gasteiger partial charge in [-0.15, -0.1) is 0 Å². The fraction of sp³-hybridized carbons (Fsp3) is 0. The van der Waals surface area contributed by atoms with Gasteiger partial charge in [-0.05, 0) is 99.3 Å². The minimum Gasteiger partial charge on any atom is -0.451 e. The van der Waals surface area contributed by atoms with E-state index in [4.69, 9.17) is 21.1 Å². The quantitative estimate of drug-likeness (QED) is 0.173. The summed E-state index contributed by atoms with van der Waals surface area (Å²) in [5.41, 5.74) is 3.50. The normalized spacial score (nSPS) is 11.1. The molecule has 0 unspecified atom stereocenters. The third kappa shape index (κ3) is 4.27. The van der Waals surface area contributed by atoms with Crippen molar-refractivity contribution in [2.45, 2.75) is 0 Å². The molecule has 0 saturated carbocycles. The number of hydrogen-bond acceptors (Lipinski definition) is 5. The van der Waals surface area contributed by atoms with Crippen LogP contribution in [0.5, 0.6) is 0 Å². The Morgan fingerprint density at radius 2 is 1.84 bits per heavy atom. The molecule has 0 atom stereocenters. The number of furan rings is 1. The van der Waals surface area contributed by atoms with Crippen molar-refractivity contribution in [1.29, 1.82) is 0 Å². The van der Waals surface area contributed by atoms with Gasteiger partial charge in [0.25, 0.3) is 5.91 Å². The van der Waals surface area contributed by atoms with Crippen molar-refractivity contribution in [2.24, 2.45) is 0 Å². The first-order valence-electron chi connectivity index (χ1n) is 9.43. The Morgan fingerprint density at radius 1 is 1.00 bits per heavy atom. The lowest BCUT2D eigenvalue weighted by Gasteiger charge is -2.08. The number of aromatic nitrogens is 1. The number of fused-ring (bicyclic) bond motifs is 2. The lowest BCUT2D eigenvalue weighted by molar-refractivity contribution is 0.0953. The van der Waals surface area contributed by atoms with Gasteiger partial charge in [-0.2, -0.15) is 0 Å². The summed E-state index contributed by atoms with van der Waals surface area (Å²) < 4.78 is 13.5. The van der Waals surface area contributed by atoms with E-state index in [0.717, 1.165) is 19.0 Å². The number of rotatable bonds is 3. The molecule has 2 heterocycles. The van der Waals surface area contributed by atoms with Gasteiger partial charge in [-0.3, -0.25) is 10.1 Å². The van der Waals surface area contributed by atoms with Crippen molar-refractivity contribution in [3.63, 3.8) is 0 Å². The maximum absolute atomic E-state index is 12.5. The Hall–Kier alpha value is -2.76. The minimum absolute atomic E-state index is 0.152. The van der Waals surface area contributed by atoms with Crippen LogP contribution >= 0.6 is 50.7 Å². The predicted molar refractivity (Wildman–Crippen MR) is 140 cm³/mol. The third-order valence-electron chi connectivity index (χ3n) is 4.68. The summed E-state index contributed by atoms with van der Waals surface area (Å²) in [7, 11) is 0. The molecule has 5 aromatic rings. The van der Waals surface area contributed by atoms with Gasteiger partial charge in [0.2, 0.25) is 5.89 Å². The Morgan fingerprint density at radius 3 is 2.69 bits per heavy atom. The molecule has 6 nitrogen and oxygen atoms in total. The summed E-state index contributed by atoms with van der Waals surface area (Å²) in [5.74, 6) is 0.283. The molecule has 0 aliphatic rings. The van der Waals surface area contributed by atoms with Crippen LogP contribution in [0.3, 0.4) is 0 Å². The molecule has 0 radical (unpaired) electrons. The maximum Gasteiger partial charge on any atom is 0.293 e. The smallest absolute Gasteiger partial charge is 0.293 e. The number of amides is 1. The molecule has 1 amide bonds. The van der Waals surface area contributed by atoms with E-state index in [9.17, 15) is 4.79 Å². The Kier molecular flexibility index (Phi) is 5.70. The number of nitrogens with zero attached hydrogens (tertiary/aromatic N) is 1. The molecule has 0 bridgehead atoms. The first-order chi connectivity index (χ1) is 15.5. The zero-order valence-electron chi connectivity index (χ0n) is 16.2. The monoisotopic (exact) mass is 617 g/mol. The highest BCUT2D eigenvalue weighted by Crippen LogP contribution is 2.32. The lowest BCUT2D eigenvalue weighted by atomic mass is 10.2. The van der Waals surface area contributed by atoms with E-state index in [-0.39, 0.29) is 10.9 Å². The van der Waals surface area contributed by atoms with Crippen LogP contribution < -0.4 is 10.6 Å². The molecule has 158 valence electrons. The van der Waals surface area contributed by atoms with Gasteiger partial charge in [0, 0.05) is 19.1 Å². The van der Waals surface area contributed by atoms with Crippen molar-refractivity contribution in [1.82, 2.24) is 10.3 Å². The number of hydrogen-bond donors (Lipinski definition) is 2. The van der Waals surface area contributed by atoms with Crippen molar-refractivity contribution in [3.05, 3.63) is 80.5 Å². The predicted octanol–water partition coefficient (Wildman–Crippen LogP) is 6.73. The number of carbonyl (C=O) groups excluding carboxylic acids is 1. The van der Waals surface area contributed by atoms with E-state index in [2.05, 4.69) is 54.1 Å². The molecule has 2 N–H and O–H groups in total. The van der Waals surface area contributed by atoms with E-state index >= 15 is 0 Å². The minimum atomic E-state index is -0.424. The molecule has 0 fully saturated rings. The summed E-state index contributed by atoms with van der Waals surface area (Å²) in [6.45, 7) is 0. The highest BCUT2D eigenvalue weighted by molar-refractivity contribution is 14.1. The summed E-state index contributed by atoms with van der Waals surface area (Å²) in [6, 6.07) is 20.5. The van der Waals surface area contributed by atoms with Crippen LogP contribution in [-0.4, -0.2) is 16.0 Å². The molecule has 2 aromatic heterocycles. The average Bonchev–Trinajstić information content (AvgIpc) is 3.39. The maximum atomic E-state index is 12.5. The van der Waals surface area contributed by atoms with Crippen LogP contribution in [0.4, 0.5) is 5.69 Å². The molecular formula is C23H13BrIN3O3S. The van der Waals surface area contributed by atoms with E-state index in [0.29, 0.717) is 28.3 Å². The standard InChI is InChI=1S/C23H13BrIN3O3S/c24-16-7-5-13(25)10-15(16)22-27-17-11-14(6-8-19(17)31-22)26-23(32)28-21(29)20-9-12-3-1-2-4-18(12)30-20/h1-11H,(H2,26,28,29,32). The number of benzene rings is 3. The third-order valence-corrected chi connectivity index (χ3v) is 6.25. The molecule has 0 saturated heterocycles. The molecule has 0 aliphatic heterocycles. The van der Waals surface area contributed by atoms with Crippen molar-refractivity contribution in [3.8, 4) is 11.5 Å². The molecule has 3 aromatic carbocycles. The summed E-state index contributed by atoms with van der Waals surface area (Å²) in [4.78, 5) is 17.1. The van der Waals surface area contributed by atoms with E-state index in [1.54, 1.807) is 24.3 Å². The zero-order chi connectivity index (χ0) is 22.2. The molecular weight excluding hydrogens is 605 g/mol. The second-order valence-electron chi connectivity index (χ2n) is 6.88. The van der Waals surface area contributed by atoms with Crippen molar-refractivity contribution >= 4 is 89.5 Å². The van der Waals surface area contributed by atoms with Gasteiger partial charge < -0.3 is 14.2 Å². The number of halogens is 2. The number of para-hydroxylation sites is 1. The first-order valence-corrected chi connectivity index (χ1v) is 11.7. The number of oxazole rings is 1. The Labute approximate surface area is 209 Å². The zero-order valence-corrected chi connectivity index (χ0v) is 20.7. The van der Waals surface area contributed by atoms with Crippen molar-refractivity contribution < 1.29 is 13.6 Å². The number of anilines is 1. The van der Waals surface area contributed by atoms with Crippen LogP contribution in [0.2, 0.25) is 0 Å². The van der Waals surface area contributed by atoms with E-state index in [1.807, 2.05) is 42.5 Å². The van der Waals surface area contributed by atoms with E-state index in [1.165, 1.54) is 0 Å².